The van der Waals surface area contributed by atoms with Crippen molar-refractivity contribution in [3.8, 4) is 0 Å². The molecule has 0 unspecified atom stereocenters. The molecule has 0 aliphatic carbocycles. The number of aromatic nitrogens is 2. The summed E-state index contributed by atoms with van der Waals surface area (Å²) in [5.41, 5.74) is 6.70. The Morgan fingerprint density at radius 1 is 1.35 bits per heavy atom. The summed E-state index contributed by atoms with van der Waals surface area (Å²) in [6.07, 6.45) is 1.26. The first-order chi connectivity index (χ1) is 8.09. The van der Waals surface area contributed by atoms with Crippen LogP contribution in [0.4, 0.5) is 21.6 Å². The van der Waals surface area contributed by atoms with Crippen LogP contribution >= 0.6 is 11.6 Å². The Morgan fingerprint density at radius 3 is 2.88 bits per heavy atom. The minimum absolute atomic E-state index is 0.135. The second kappa shape index (κ2) is 4.55. The summed E-state index contributed by atoms with van der Waals surface area (Å²) in [6.45, 7) is 1.68. The highest BCUT2D eigenvalue weighted by atomic mass is 35.5. The first kappa shape index (κ1) is 11.6. The van der Waals surface area contributed by atoms with Crippen molar-refractivity contribution in [1.82, 2.24) is 9.97 Å². The molecule has 0 bridgehead atoms. The molecule has 0 radical (unpaired) electrons. The van der Waals surface area contributed by atoms with Gasteiger partial charge in [-0.25, -0.2) is 14.4 Å². The number of nitrogens with zero attached hydrogens (tertiary/aromatic N) is 2. The first-order valence-corrected chi connectivity index (χ1v) is 5.25. The van der Waals surface area contributed by atoms with Gasteiger partial charge in [0.25, 0.3) is 0 Å². The van der Waals surface area contributed by atoms with E-state index in [1.807, 2.05) is 0 Å². The maximum absolute atomic E-state index is 13.7. The fourth-order valence-electron chi connectivity index (χ4n) is 1.35. The molecule has 3 N–H and O–H groups in total. The number of halogens is 2. The highest BCUT2D eigenvalue weighted by Gasteiger charge is 2.09. The van der Waals surface area contributed by atoms with E-state index in [1.165, 1.54) is 6.33 Å². The lowest BCUT2D eigenvalue weighted by Gasteiger charge is -2.10. The highest BCUT2D eigenvalue weighted by molar-refractivity contribution is 6.32. The third kappa shape index (κ3) is 2.29. The number of aryl methyl sites for hydroxylation is 1. The zero-order valence-corrected chi connectivity index (χ0v) is 9.79. The van der Waals surface area contributed by atoms with Crippen LogP contribution in [0.3, 0.4) is 0 Å². The number of anilines is 3. The minimum atomic E-state index is -0.346. The van der Waals surface area contributed by atoms with Crippen LogP contribution in [0.2, 0.25) is 5.15 Å². The summed E-state index contributed by atoms with van der Waals surface area (Å²) in [7, 11) is 0. The molecule has 4 nitrogen and oxygen atoms in total. The lowest BCUT2D eigenvalue weighted by atomic mass is 10.2. The summed E-state index contributed by atoms with van der Waals surface area (Å²) < 4.78 is 13.7. The molecular weight excluding hydrogens is 243 g/mol. The van der Waals surface area contributed by atoms with E-state index in [-0.39, 0.29) is 22.5 Å². The van der Waals surface area contributed by atoms with Crippen molar-refractivity contribution >= 4 is 28.8 Å². The molecular formula is C11H10ClFN4. The van der Waals surface area contributed by atoms with Crippen molar-refractivity contribution < 1.29 is 4.39 Å². The van der Waals surface area contributed by atoms with Gasteiger partial charge in [-0.05, 0) is 18.6 Å². The molecule has 0 saturated carbocycles. The molecule has 0 fully saturated rings. The normalized spacial score (nSPS) is 10.3. The van der Waals surface area contributed by atoms with Crippen LogP contribution in [0.5, 0.6) is 0 Å². The minimum Gasteiger partial charge on any atom is -0.393 e. The van der Waals surface area contributed by atoms with E-state index >= 15 is 0 Å². The lowest BCUT2D eigenvalue weighted by Crippen LogP contribution is -2.02. The van der Waals surface area contributed by atoms with E-state index in [9.17, 15) is 4.39 Å². The van der Waals surface area contributed by atoms with Crippen LogP contribution in [0.15, 0.2) is 24.5 Å². The van der Waals surface area contributed by atoms with Gasteiger partial charge in [-0.3, -0.25) is 0 Å². The van der Waals surface area contributed by atoms with Crippen molar-refractivity contribution in [3.05, 3.63) is 41.1 Å². The average Bonchev–Trinajstić information content (AvgIpc) is 2.31. The van der Waals surface area contributed by atoms with Gasteiger partial charge < -0.3 is 11.1 Å². The van der Waals surface area contributed by atoms with Crippen LogP contribution in [-0.4, -0.2) is 9.97 Å². The van der Waals surface area contributed by atoms with Gasteiger partial charge in [-0.2, -0.15) is 0 Å². The Bertz CT molecular complexity index is 510. The summed E-state index contributed by atoms with van der Waals surface area (Å²) >= 11 is 5.74. The van der Waals surface area contributed by atoms with E-state index in [0.29, 0.717) is 11.3 Å². The van der Waals surface area contributed by atoms with E-state index in [2.05, 4.69) is 15.3 Å². The number of hydrogen-bond acceptors (Lipinski definition) is 4. The summed E-state index contributed by atoms with van der Waals surface area (Å²) in [4.78, 5) is 7.62. The number of nitrogens with one attached hydrogen (secondary N) is 1. The van der Waals surface area contributed by atoms with Crippen LogP contribution in [-0.2, 0) is 0 Å². The van der Waals surface area contributed by atoms with Crippen LogP contribution in [0, 0.1) is 12.7 Å². The van der Waals surface area contributed by atoms with Crippen LogP contribution in [0.25, 0.3) is 0 Å². The van der Waals surface area contributed by atoms with Crippen molar-refractivity contribution in [1.29, 1.82) is 0 Å². The molecule has 2 rings (SSSR count). The third-order valence-electron chi connectivity index (χ3n) is 2.28. The largest absolute Gasteiger partial charge is 0.393 e. The Hall–Kier alpha value is -1.88. The molecule has 6 heteroatoms. The molecule has 2 aromatic rings. The second-order valence-corrected chi connectivity index (χ2v) is 3.85. The predicted octanol–water partition coefficient (Wildman–Crippen LogP) is 2.90. The molecule has 88 valence electrons. The molecule has 0 saturated heterocycles. The maximum atomic E-state index is 13.7. The molecule has 0 aliphatic heterocycles. The Labute approximate surface area is 103 Å². The van der Waals surface area contributed by atoms with Gasteiger partial charge >= 0.3 is 0 Å². The summed E-state index contributed by atoms with van der Waals surface area (Å²) in [5, 5.41) is 2.92. The Balaban J connectivity index is 2.38. The van der Waals surface area contributed by atoms with E-state index < -0.39 is 0 Å². The van der Waals surface area contributed by atoms with E-state index in [0.717, 1.165) is 0 Å². The summed E-state index contributed by atoms with van der Waals surface area (Å²) in [5.74, 6) is -0.0591. The quantitative estimate of drug-likeness (QED) is 0.807. The van der Waals surface area contributed by atoms with Crippen molar-refractivity contribution in [3.63, 3.8) is 0 Å². The SMILES string of the molecule is Cc1cccc(Nc2ncnc(Cl)c2N)c1F. The van der Waals surface area contributed by atoms with Gasteiger partial charge in [-0.15, -0.1) is 0 Å². The van der Waals surface area contributed by atoms with Gasteiger partial charge in [-0.1, -0.05) is 23.7 Å². The topological polar surface area (TPSA) is 63.8 Å². The monoisotopic (exact) mass is 252 g/mol. The third-order valence-corrected chi connectivity index (χ3v) is 2.58. The number of rotatable bonds is 2. The zero-order valence-electron chi connectivity index (χ0n) is 9.04. The molecule has 0 amide bonds. The van der Waals surface area contributed by atoms with Crippen molar-refractivity contribution in [2.24, 2.45) is 0 Å². The van der Waals surface area contributed by atoms with Gasteiger partial charge in [0.2, 0.25) is 0 Å². The van der Waals surface area contributed by atoms with Crippen LogP contribution < -0.4 is 11.1 Å². The molecule has 1 aromatic carbocycles. The molecule has 0 atom stereocenters. The van der Waals surface area contributed by atoms with Gasteiger partial charge in [0.05, 0.1) is 5.69 Å². The van der Waals surface area contributed by atoms with E-state index in [1.54, 1.807) is 25.1 Å². The first-order valence-electron chi connectivity index (χ1n) is 4.87. The number of nitrogens with two attached hydrogens (primary N) is 1. The fraction of sp³-hybridized carbons (Fsp3) is 0.0909. The maximum Gasteiger partial charge on any atom is 0.158 e. The van der Waals surface area contributed by atoms with Gasteiger partial charge in [0.15, 0.2) is 11.0 Å². The predicted molar refractivity (Wildman–Crippen MR) is 65.9 cm³/mol. The fourth-order valence-corrected chi connectivity index (χ4v) is 1.48. The van der Waals surface area contributed by atoms with E-state index in [4.69, 9.17) is 17.3 Å². The van der Waals surface area contributed by atoms with Gasteiger partial charge in [0, 0.05) is 0 Å². The number of nitrogen functional groups attached to an aromatic ring is 1. The summed E-state index contributed by atoms with van der Waals surface area (Å²) in [6, 6.07) is 5.01. The standard InChI is InChI=1S/C11H10ClFN4/c1-6-3-2-4-7(8(6)13)17-11-9(14)10(12)15-5-16-11/h2-5H,14H2,1H3,(H,15,16,17). The highest BCUT2D eigenvalue weighted by Crippen LogP contribution is 2.27. The molecule has 17 heavy (non-hydrogen) atoms. The Kier molecular flexibility index (Phi) is 3.10. The second-order valence-electron chi connectivity index (χ2n) is 3.49. The molecule has 0 aliphatic rings. The Morgan fingerprint density at radius 2 is 2.12 bits per heavy atom. The van der Waals surface area contributed by atoms with Crippen molar-refractivity contribution in [2.75, 3.05) is 11.1 Å². The number of hydrogen-bond donors (Lipinski definition) is 2. The van der Waals surface area contributed by atoms with Crippen molar-refractivity contribution in [2.45, 2.75) is 6.92 Å². The zero-order chi connectivity index (χ0) is 12.4. The molecule has 1 heterocycles. The van der Waals surface area contributed by atoms with Gasteiger partial charge in [0.1, 0.15) is 17.8 Å². The molecule has 0 spiro atoms. The lowest BCUT2D eigenvalue weighted by molar-refractivity contribution is 0.622. The smallest absolute Gasteiger partial charge is 0.158 e. The molecule has 1 aromatic heterocycles. The average molecular weight is 253 g/mol. The van der Waals surface area contributed by atoms with Crippen LogP contribution in [0.1, 0.15) is 5.56 Å². The number of benzene rings is 1.